The van der Waals surface area contributed by atoms with E-state index in [-0.39, 0.29) is 10.7 Å². The van der Waals surface area contributed by atoms with Crippen LogP contribution in [-0.4, -0.2) is 43.4 Å². The molecule has 21 heavy (non-hydrogen) atoms. The molecule has 2 rings (SSSR count). The molecule has 0 saturated carbocycles. The van der Waals surface area contributed by atoms with Crippen LogP contribution in [0.5, 0.6) is 0 Å². The van der Waals surface area contributed by atoms with Crippen molar-refractivity contribution in [2.24, 2.45) is 5.10 Å². The maximum absolute atomic E-state index is 13.1. The molecule has 0 aliphatic carbocycles. The third-order valence-corrected chi connectivity index (χ3v) is 3.38. The third-order valence-electron chi connectivity index (χ3n) is 3.38. The molecule has 1 aromatic heterocycles. The van der Waals surface area contributed by atoms with Crippen LogP contribution in [0.3, 0.4) is 0 Å². The number of aromatic nitrogens is 2. The van der Waals surface area contributed by atoms with Crippen molar-refractivity contribution in [1.29, 1.82) is 0 Å². The van der Waals surface area contributed by atoms with Gasteiger partial charge in [0.25, 0.3) is 11.6 Å². The third kappa shape index (κ3) is 2.41. The minimum absolute atomic E-state index is 0.0348. The van der Waals surface area contributed by atoms with Gasteiger partial charge in [-0.2, -0.15) is 28.4 Å². The van der Waals surface area contributed by atoms with Crippen molar-refractivity contribution in [3.8, 4) is 0 Å². The minimum atomic E-state index is -5.00. The van der Waals surface area contributed by atoms with E-state index in [9.17, 15) is 23.1 Å². The number of aliphatic hydroxyl groups is 1. The van der Waals surface area contributed by atoms with Crippen LogP contribution in [0.4, 0.5) is 13.2 Å². The van der Waals surface area contributed by atoms with Crippen LogP contribution in [0.1, 0.15) is 32.0 Å². The lowest BCUT2D eigenvalue weighted by atomic mass is 10.1. The van der Waals surface area contributed by atoms with Gasteiger partial charge < -0.3 is 5.11 Å². The summed E-state index contributed by atoms with van der Waals surface area (Å²) in [7, 11) is 0. The molecule has 0 bridgehead atoms. The SMILES string of the molecule is CC1=NN(C(=O)[C@@H](C)n2nccc2C)[C@](O)(C(F)(F)F)C1. The van der Waals surface area contributed by atoms with E-state index in [1.807, 2.05) is 0 Å². The maximum atomic E-state index is 13.1. The van der Waals surface area contributed by atoms with Crippen LogP contribution in [0.15, 0.2) is 17.4 Å². The highest BCUT2D eigenvalue weighted by Crippen LogP contribution is 2.41. The summed E-state index contributed by atoms with van der Waals surface area (Å²) in [5.74, 6) is -0.974. The van der Waals surface area contributed by atoms with Gasteiger partial charge in [-0.25, -0.2) is 0 Å². The van der Waals surface area contributed by atoms with Crippen molar-refractivity contribution >= 4 is 11.6 Å². The summed E-state index contributed by atoms with van der Waals surface area (Å²) in [5.41, 5.74) is -2.65. The van der Waals surface area contributed by atoms with Crippen molar-refractivity contribution in [3.63, 3.8) is 0 Å². The molecule has 0 aromatic carbocycles. The summed E-state index contributed by atoms with van der Waals surface area (Å²) in [5, 5.41) is 17.5. The van der Waals surface area contributed by atoms with Gasteiger partial charge in [0.1, 0.15) is 6.04 Å². The predicted octanol–water partition coefficient (Wildman–Crippen LogP) is 1.61. The molecule has 1 aliphatic rings. The zero-order valence-electron chi connectivity index (χ0n) is 11.7. The first-order chi connectivity index (χ1) is 9.58. The summed E-state index contributed by atoms with van der Waals surface area (Å²) >= 11 is 0. The van der Waals surface area contributed by atoms with Crippen molar-refractivity contribution in [2.45, 2.75) is 45.1 Å². The Bertz CT molecular complexity index is 596. The number of carbonyl (C=O) groups excluding carboxylic acids is 1. The maximum Gasteiger partial charge on any atom is 0.438 e. The quantitative estimate of drug-likeness (QED) is 0.902. The van der Waals surface area contributed by atoms with E-state index in [0.717, 1.165) is 0 Å². The highest BCUT2D eigenvalue weighted by Gasteiger charge is 2.63. The molecule has 1 amide bonds. The Balaban J connectivity index is 2.35. The molecule has 9 heteroatoms. The first-order valence-corrected chi connectivity index (χ1v) is 6.25. The molecule has 1 aliphatic heterocycles. The van der Waals surface area contributed by atoms with Crippen molar-refractivity contribution in [3.05, 3.63) is 18.0 Å². The minimum Gasteiger partial charge on any atom is -0.362 e. The van der Waals surface area contributed by atoms with E-state index in [1.165, 1.54) is 24.7 Å². The van der Waals surface area contributed by atoms with E-state index < -0.39 is 30.3 Å². The number of alkyl halides is 3. The van der Waals surface area contributed by atoms with Crippen LogP contribution in [0, 0.1) is 6.92 Å². The average molecular weight is 304 g/mol. The Hall–Kier alpha value is -1.90. The first kappa shape index (κ1) is 15.5. The molecule has 0 radical (unpaired) electrons. The molecule has 6 nitrogen and oxygen atoms in total. The van der Waals surface area contributed by atoms with Gasteiger partial charge in [0.2, 0.25) is 0 Å². The second kappa shape index (κ2) is 4.83. The Labute approximate surface area is 118 Å². The molecule has 0 fully saturated rings. The lowest BCUT2D eigenvalue weighted by Gasteiger charge is -2.34. The van der Waals surface area contributed by atoms with Gasteiger partial charge in [-0.1, -0.05) is 0 Å². The van der Waals surface area contributed by atoms with E-state index in [2.05, 4.69) is 10.2 Å². The molecule has 116 valence electrons. The normalized spacial score (nSPS) is 24.1. The van der Waals surface area contributed by atoms with E-state index in [1.54, 1.807) is 13.0 Å². The summed E-state index contributed by atoms with van der Waals surface area (Å²) in [6.45, 7) is 4.40. The molecule has 0 spiro atoms. The van der Waals surface area contributed by atoms with Gasteiger partial charge in [-0.3, -0.25) is 9.48 Å². The monoisotopic (exact) mass is 304 g/mol. The van der Waals surface area contributed by atoms with Gasteiger partial charge in [-0.05, 0) is 26.8 Å². The number of aryl methyl sites for hydroxylation is 1. The smallest absolute Gasteiger partial charge is 0.362 e. The fourth-order valence-electron chi connectivity index (χ4n) is 2.24. The van der Waals surface area contributed by atoms with Crippen LogP contribution in [0.25, 0.3) is 0 Å². The lowest BCUT2D eigenvalue weighted by molar-refractivity contribution is -0.303. The molecule has 2 atom stereocenters. The van der Waals surface area contributed by atoms with Gasteiger partial charge in [0.05, 0.1) is 0 Å². The Morgan fingerprint density at radius 2 is 2.10 bits per heavy atom. The number of halogens is 3. The second-order valence-corrected chi connectivity index (χ2v) is 5.07. The van der Waals surface area contributed by atoms with E-state index >= 15 is 0 Å². The topological polar surface area (TPSA) is 70.7 Å². The Kier molecular flexibility index (Phi) is 3.56. The van der Waals surface area contributed by atoms with Gasteiger partial charge >= 0.3 is 6.18 Å². The molecule has 1 N–H and O–H groups in total. The van der Waals surface area contributed by atoms with Crippen LogP contribution in [-0.2, 0) is 4.79 Å². The number of amides is 1. The Morgan fingerprint density at radius 3 is 2.57 bits per heavy atom. The molecule has 2 heterocycles. The summed E-state index contributed by atoms with van der Waals surface area (Å²) in [6, 6.07) is 0.613. The average Bonchev–Trinajstić information content (AvgIpc) is 2.91. The Morgan fingerprint density at radius 1 is 1.48 bits per heavy atom. The summed E-state index contributed by atoms with van der Waals surface area (Å²) in [6.07, 6.45) is -4.32. The zero-order chi connectivity index (χ0) is 16.0. The number of carbonyl (C=O) groups is 1. The number of hydrogen-bond acceptors (Lipinski definition) is 4. The molecular weight excluding hydrogens is 289 g/mol. The van der Waals surface area contributed by atoms with Crippen LogP contribution in [0.2, 0.25) is 0 Å². The number of nitrogens with zero attached hydrogens (tertiary/aromatic N) is 4. The zero-order valence-corrected chi connectivity index (χ0v) is 11.7. The van der Waals surface area contributed by atoms with Crippen LogP contribution < -0.4 is 0 Å². The fraction of sp³-hybridized carbons (Fsp3) is 0.583. The van der Waals surface area contributed by atoms with Crippen molar-refractivity contribution in [2.75, 3.05) is 0 Å². The highest BCUT2D eigenvalue weighted by molar-refractivity contribution is 5.90. The van der Waals surface area contributed by atoms with Gasteiger partial charge in [0, 0.05) is 24.0 Å². The van der Waals surface area contributed by atoms with Crippen LogP contribution >= 0.6 is 0 Å². The molecule has 1 aromatic rings. The highest BCUT2D eigenvalue weighted by atomic mass is 19.4. The molecular formula is C12H15F3N4O2. The molecule has 0 unspecified atom stereocenters. The fourth-order valence-corrected chi connectivity index (χ4v) is 2.24. The van der Waals surface area contributed by atoms with Gasteiger partial charge in [-0.15, -0.1) is 0 Å². The van der Waals surface area contributed by atoms with Crippen molar-refractivity contribution in [1.82, 2.24) is 14.8 Å². The number of hydrazone groups is 1. The van der Waals surface area contributed by atoms with Gasteiger partial charge in [0.15, 0.2) is 0 Å². The second-order valence-electron chi connectivity index (χ2n) is 5.07. The summed E-state index contributed by atoms with van der Waals surface area (Å²) < 4.78 is 40.5. The first-order valence-electron chi connectivity index (χ1n) is 6.25. The lowest BCUT2D eigenvalue weighted by Crippen LogP contribution is -2.57. The number of hydrogen-bond donors (Lipinski definition) is 1. The van der Waals surface area contributed by atoms with E-state index in [4.69, 9.17) is 0 Å². The van der Waals surface area contributed by atoms with E-state index in [0.29, 0.717) is 5.69 Å². The molecule has 0 saturated heterocycles. The predicted molar refractivity (Wildman–Crippen MR) is 67.3 cm³/mol. The standard InChI is InChI=1S/C12H15F3N4O2/c1-7-6-11(21,12(13,14)15)19(17-7)10(20)9(3)18-8(2)4-5-16-18/h4-5,9,21H,6H2,1-3H3/t9-,11-/m1/s1. The largest absolute Gasteiger partial charge is 0.438 e. The summed E-state index contributed by atoms with van der Waals surface area (Å²) in [4.78, 5) is 12.3. The number of rotatable bonds is 2. The van der Waals surface area contributed by atoms with Crippen molar-refractivity contribution < 1.29 is 23.1 Å².